The van der Waals surface area contributed by atoms with Crippen LogP contribution in [0.15, 0.2) is 65.6 Å². The Hall–Kier alpha value is -3.38. The molecule has 1 unspecified atom stereocenters. The first-order valence-electron chi connectivity index (χ1n) is 13.1. The van der Waals surface area contributed by atoms with Gasteiger partial charge in [-0.3, -0.25) is 4.79 Å². The molecule has 3 aromatic rings. The second-order valence-electron chi connectivity index (χ2n) is 11.4. The van der Waals surface area contributed by atoms with Gasteiger partial charge in [0.2, 0.25) is 0 Å². The van der Waals surface area contributed by atoms with E-state index in [4.69, 9.17) is 4.74 Å². The van der Waals surface area contributed by atoms with Crippen molar-refractivity contribution < 1.29 is 14.6 Å². The molecule has 1 amide bonds. The lowest BCUT2D eigenvalue weighted by molar-refractivity contribution is -0.0973. The number of nitrogens with zero attached hydrogens (tertiary/aromatic N) is 2. The molecule has 1 saturated carbocycles. The summed E-state index contributed by atoms with van der Waals surface area (Å²) in [6.07, 6.45) is 4.62. The Morgan fingerprint density at radius 2 is 1.68 bits per heavy atom. The van der Waals surface area contributed by atoms with Gasteiger partial charge in [0.25, 0.3) is 5.56 Å². The highest BCUT2D eigenvalue weighted by Crippen LogP contribution is 2.41. The molecule has 1 aromatic heterocycles. The van der Waals surface area contributed by atoms with Crippen molar-refractivity contribution >= 4 is 6.09 Å². The summed E-state index contributed by atoms with van der Waals surface area (Å²) >= 11 is 0. The summed E-state index contributed by atoms with van der Waals surface area (Å²) in [7, 11) is 0. The molecule has 2 aliphatic rings. The molecule has 194 valence electrons. The van der Waals surface area contributed by atoms with E-state index in [1.807, 2.05) is 47.2 Å². The minimum Gasteiger partial charge on any atom is -0.438 e. The fourth-order valence-electron chi connectivity index (χ4n) is 5.63. The molecule has 2 fully saturated rings. The van der Waals surface area contributed by atoms with Crippen LogP contribution in [0.3, 0.4) is 0 Å². The molecular weight excluding hydrogens is 464 g/mol. The molecular formula is C31H36N2O4. The Morgan fingerprint density at radius 1 is 1.00 bits per heavy atom. The van der Waals surface area contributed by atoms with Crippen LogP contribution in [0, 0.1) is 13.8 Å². The minimum atomic E-state index is -0.985. The van der Waals surface area contributed by atoms with Crippen molar-refractivity contribution in [1.82, 2.24) is 9.47 Å². The number of amides is 1. The van der Waals surface area contributed by atoms with E-state index in [9.17, 15) is 14.7 Å². The third-order valence-corrected chi connectivity index (χ3v) is 7.61. The van der Waals surface area contributed by atoms with Gasteiger partial charge in [-0.25, -0.2) is 4.79 Å². The van der Waals surface area contributed by atoms with Crippen molar-refractivity contribution in [1.29, 1.82) is 0 Å². The molecule has 1 N–H and O–H groups in total. The average molecular weight is 501 g/mol. The normalized spacial score (nSPS) is 20.1. The summed E-state index contributed by atoms with van der Waals surface area (Å²) in [6.45, 7) is 8.59. The Balaban J connectivity index is 1.36. The van der Waals surface area contributed by atoms with Crippen molar-refractivity contribution in [2.24, 2.45) is 0 Å². The quantitative estimate of drug-likeness (QED) is 0.441. The molecule has 2 aromatic carbocycles. The molecule has 5 rings (SSSR count). The van der Waals surface area contributed by atoms with Gasteiger partial charge in [-0.15, -0.1) is 0 Å². The first-order valence-corrected chi connectivity index (χ1v) is 13.1. The topological polar surface area (TPSA) is 71.8 Å². The van der Waals surface area contributed by atoms with Crippen LogP contribution in [0.25, 0.3) is 11.1 Å². The van der Waals surface area contributed by atoms with Gasteiger partial charge >= 0.3 is 6.09 Å². The largest absolute Gasteiger partial charge is 0.438 e. The van der Waals surface area contributed by atoms with Crippen LogP contribution < -0.4 is 5.56 Å². The molecule has 37 heavy (non-hydrogen) atoms. The van der Waals surface area contributed by atoms with Crippen LogP contribution in [-0.4, -0.2) is 32.8 Å². The number of aliphatic hydroxyl groups is 1. The standard InChI is InChI=1S/C31H36N2O4/c1-21-16-24(23-12-14-33(26-10-11-26)28(34)18-23)17-22(2)27(21)19-32-15-13-31(37-29(32)35,20-30(3,4)36)25-8-6-5-7-9-25/h5-9,12,14,16-18,26,36H,10-11,13,15,19-20H2,1-4H3. The molecule has 6 nitrogen and oxygen atoms in total. The number of cyclic esters (lactones) is 1. The predicted octanol–water partition coefficient (Wildman–Crippen LogP) is 5.87. The molecule has 0 radical (unpaired) electrons. The maximum absolute atomic E-state index is 13.3. The molecule has 0 bridgehead atoms. The van der Waals surface area contributed by atoms with Crippen LogP contribution in [0.2, 0.25) is 0 Å². The number of carbonyl (C=O) groups excluding carboxylic acids is 1. The number of pyridine rings is 1. The van der Waals surface area contributed by atoms with Gasteiger partial charge in [-0.05, 0) is 80.0 Å². The zero-order valence-electron chi connectivity index (χ0n) is 22.2. The summed E-state index contributed by atoms with van der Waals surface area (Å²) in [5, 5.41) is 10.6. The van der Waals surface area contributed by atoms with Gasteiger partial charge in [0, 0.05) is 44.2 Å². The summed E-state index contributed by atoms with van der Waals surface area (Å²) < 4.78 is 7.96. The molecule has 6 heteroatoms. The van der Waals surface area contributed by atoms with E-state index in [2.05, 4.69) is 26.0 Å². The van der Waals surface area contributed by atoms with Crippen LogP contribution in [0.4, 0.5) is 4.79 Å². The fraction of sp³-hybridized carbons (Fsp3) is 0.419. The van der Waals surface area contributed by atoms with Gasteiger partial charge in [0.05, 0.1) is 5.60 Å². The van der Waals surface area contributed by atoms with Gasteiger partial charge in [0.15, 0.2) is 0 Å². The van der Waals surface area contributed by atoms with E-state index >= 15 is 0 Å². The number of ether oxygens (including phenoxy) is 1. The molecule has 1 saturated heterocycles. The monoisotopic (exact) mass is 500 g/mol. The zero-order valence-corrected chi connectivity index (χ0v) is 22.2. The van der Waals surface area contributed by atoms with E-state index in [1.54, 1.807) is 24.8 Å². The highest BCUT2D eigenvalue weighted by molar-refractivity contribution is 5.70. The first kappa shape index (κ1) is 25.3. The maximum Gasteiger partial charge on any atom is 0.410 e. The van der Waals surface area contributed by atoms with Crippen molar-refractivity contribution in [3.63, 3.8) is 0 Å². The van der Waals surface area contributed by atoms with Crippen molar-refractivity contribution in [3.05, 3.63) is 93.4 Å². The number of aryl methyl sites for hydroxylation is 2. The van der Waals surface area contributed by atoms with E-state index in [1.165, 1.54) is 0 Å². The highest BCUT2D eigenvalue weighted by atomic mass is 16.6. The van der Waals surface area contributed by atoms with Crippen LogP contribution in [0.5, 0.6) is 0 Å². The van der Waals surface area contributed by atoms with Gasteiger partial charge < -0.3 is 19.3 Å². The maximum atomic E-state index is 13.3. The second-order valence-corrected chi connectivity index (χ2v) is 11.4. The Labute approximate surface area is 218 Å². The minimum absolute atomic E-state index is 0.0448. The Bertz CT molecular complexity index is 1340. The molecule has 1 aliphatic heterocycles. The second kappa shape index (κ2) is 9.49. The Morgan fingerprint density at radius 3 is 2.24 bits per heavy atom. The van der Waals surface area contributed by atoms with Crippen LogP contribution >= 0.6 is 0 Å². The Kier molecular flexibility index (Phi) is 6.48. The van der Waals surface area contributed by atoms with Crippen molar-refractivity contribution in [2.45, 2.75) is 77.2 Å². The van der Waals surface area contributed by atoms with E-state index < -0.39 is 11.2 Å². The number of hydrogen-bond donors (Lipinski definition) is 1. The molecule has 1 atom stereocenters. The first-order chi connectivity index (χ1) is 17.5. The van der Waals surface area contributed by atoms with E-state index in [0.29, 0.717) is 32.0 Å². The molecule has 0 spiro atoms. The lowest BCUT2D eigenvalue weighted by atomic mass is 9.80. The average Bonchev–Trinajstić information content (AvgIpc) is 3.67. The number of benzene rings is 2. The lowest BCUT2D eigenvalue weighted by Gasteiger charge is -2.44. The smallest absolute Gasteiger partial charge is 0.410 e. The summed E-state index contributed by atoms with van der Waals surface area (Å²) in [5.41, 5.74) is 4.26. The molecule has 2 heterocycles. The zero-order chi connectivity index (χ0) is 26.4. The van der Waals surface area contributed by atoms with Crippen molar-refractivity contribution in [3.8, 4) is 11.1 Å². The highest BCUT2D eigenvalue weighted by Gasteiger charge is 2.45. The number of hydrogen-bond acceptors (Lipinski definition) is 4. The number of rotatable bonds is 7. The van der Waals surface area contributed by atoms with Gasteiger partial charge in [0.1, 0.15) is 5.60 Å². The van der Waals surface area contributed by atoms with Crippen molar-refractivity contribution in [2.75, 3.05) is 6.54 Å². The summed E-state index contributed by atoms with van der Waals surface area (Å²) in [4.78, 5) is 27.6. The predicted molar refractivity (Wildman–Crippen MR) is 144 cm³/mol. The lowest BCUT2D eigenvalue weighted by Crippen LogP contribution is -2.50. The van der Waals surface area contributed by atoms with E-state index in [-0.39, 0.29) is 11.7 Å². The molecule has 1 aliphatic carbocycles. The van der Waals surface area contributed by atoms with Gasteiger partial charge in [-0.2, -0.15) is 0 Å². The summed E-state index contributed by atoms with van der Waals surface area (Å²) in [6, 6.07) is 18.0. The SMILES string of the molecule is Cc1cc(-c2ccn(C3CC3)c(=O)c2)cc(C)c1CN1CCC(CC(C)(C)O)(c2ccccc2)OC1=O. The van der Waals surface area contributed by atoms with Crippen LogP contribution in [-0.2, 0) is 16.9 Å². The summed E-state index contributed by atoms with van der Waals surface area (Å²) in [5.74, 6) is 0. The van der Waals surface area contributed by atoms with E-state index in [0.717, 1.165) is 46.2 Å². The number of aromatic nitrogens is 1. The van der Waals surface area contributed by atoms with Gasteiger partial charge in [-0.1, -0.05) is 42.5 Å². The third-order valence-electron chi connectivity index (χ3n) is 7.61. The fourth-order valence-corrected chi connectivity index (χ4v) is 5.63. The third kappa shape index (κ3) is 5.35. The van der Waals surface area contributed by atoms with Crippen LogP contribution in [0.1, 0.15) is 67.8 Å². The number of carbonyl (C=O) groups is 1.